The minimum atomic E-state index is 0.220. The minimum Gasteiger partial charge on any atom is -0.335 e. The Labute approximate surface area is 155 Å². The van der Waals surface area contributed by atoms with Crippen molar-refractivity contribution in [2.75, 3.05) is 19.6 Å². The molecular weight excluding hydrogens is 320 g/mol. The van der Waals surface area contributed by atoms with Crippen LogP contribution in [0.2, 0.25) is 0 Å². The number of carbonyl (C=O) groups excluding carboxylic acids is 1. The number of benzene rings is 2. The molecule has 2 aromatic carbocycles. The molecule has 2 aromatic rings. The van der Waals surface area contributed by atoms with Crippen LogP contribution in [0.4, 0.5) is 0 Å². The van der Waals surface area contributed by atoms with Gasteiger partial charge in [-0.1, -0.05) is 42.5 Å². The van der Waals surface area contributed by atoms with Crippen molar-refractivity contribution in [2.45, 2.75) is 37.8 Å². The van der Waals surface area contributed by atoms with E-state index in [0.717, 1.165) is 44.5 Å². The fourth-order valence-corrected chi connectivity index (χ4v) is 5.40. The zero-order valence-electron chi connectivity index (χ0n) is 15.2. The lowest BCUT2D eigenvalue weighted by Gasteiger charge is -2.52. The van der Waals surface area contributed by atoms with Gasteiger partial charge >= 0.3 is 0 Å². The number of amides is 1. The van der Waals surface area contributed by atoms with Crippen molar-refractivity contribution in [3.8, 4) is 0 Å². The maximum Gasteiger partial charge on any atom is 0.254 e. The molecule has 0 aromatic heterocycles. The SMILES string of the molecule is O=C(c1ccccc1)N1CCC[C@@H]2CN3CCc4ccccc4[C@@H]3C[C@@H]21. The van der Waals surface area contributed by atoms with E-state index in [9.17, 15) is 4.79 Å². The highest BCUT2D eigenvalue weighted by molar-refractivity contribution is 5.94. The van der Waals surface area contributed by atoms with E-state index in [-0.39, 0.29) is 5.91 Å². The Morgan fingerprint density at radius 3 is 2.65 bits per heavy atom. The minimum absolute atomic E-state index is 0.220. The summed E-state index contributed by atoms with van der Waals surface area (Å²) in [5.74, 6) is 0.843. The number of rotatable bonds is 1. The predicted molar refractivity (Wildman–Crippen MR) is 103 cm³/mol. The van der Waals surface area contributed by atoms with Gasteiger partial charge in [0.05, 0.1) is 0 Å². The number of nitrogens with zero attached hydrogens (tertiary/aromatic N) is 2. The third-order valence-corrected chi connectivity index (χ3v) is 6.66. The summed E-state index contributed by atoms with van der Waals surface area (Å²) in [6, 6.07) is 19.6. The van der Waals surface area contributed by atoms with Gasteiger partial charge in [0, 0.05) is 37.3 Å². The van der Waals surface area contributed by atoms with E-state index >= 15 is 0 Å². The Hall–Kier alpha value is -2.13. The fourth-order valence-electron chi connectivity index (χ4n) is 5.40. The van der Waals surface area contributed by atoms with E-state index < -0.39 is 0 Å². The molecule has 5 rings (SSSR count). The molecule has 2 fully saturated rings. The first kappa shape index (κ1) is 16.1. The first-order valence-corrected chi connectivity index (χ1v) is 9.99. The van der Waals surface area contributed by atoms with Crippen molar-refractivity contribution in [3.05, 3.63) is 71.3 Å². The molecule has 3 heterocycles. The molecule has 2 saturated heterocycles. The Morgan fingerprint density at radius 1 is 0.962 bits per heavy atom. The van der Waals surface area contributed by atoms with Crippen molar-refractivity contribution in [1.82, 2.24) is 9.80 Å². The fraction of sp³-hybridized carbons (Fsp3) is 0.435. The summed E-state index contributed by atoms with van der Waals surface area (Å²) < 4.78 is 0. The highest BCUT2D eigenvalue weighted by Crippen LogP contribution is 2.43. The Morgan fingerprint density at radius 2 is 1.77 bits per heavy atom. The molecule has 3 aliphatic heterocycles. The van der Waals surface area contributed by atoms with Gasteiger partial charge in [-0.3, -0.25) is 9.69 Å². The van der Waals surface area contributed by atoms with Gasteiger partial charge in [0.2, 0.25) is 0 Å². The maximum absolute atomic E-state index is 13.2. The second-order valence-electron chi connectivity index (χ2n) is 8.03. The van der Waals surface area contributed by atoms with Crippen molar-refractivity contribution in [2.24, 2.45) is 5.92 Å². The summed E-state index contributed by atoms with van der Waals surface area (Å²) in [5.41, 5.74) is 3.83. The average molecular weight is 346 g/mol. The molecule has 3 nitrogen and oxygen atoms in total. The van der Waals surface area contributed by atoms with Gasteiger partial charge in [-0.2, -0.15) is 0 Å². The van der Waals surface area contributed by atoms with Crippen LogP contribution < -0.4 is 0 Å². The van der Waals surface area contributed by atoms with Crippen LogP contribution in [0.15, 0.2) is 54.6 Å². The zero-order chi connectivity index (χ0) is 17.5. The first-order valence-electron chi connectivity index (χ1n) is 9.99. The smallest absolute Gasteiger partial charge is 0.254 e. The van der Waals surface area contributed by atoms with Gasteiger partial charge in [0.25, 0.3) is 5.91 Å². The molecular formula is C23H26N2O. The van der Waals surface area contributed by atoms with E-state index in [1.165, 1.54) is 17.5 Å². The van der Waals surface area contributed by atoms with Gasteiger partial charge in [0.15, 0.2) is 0 Å². The number of likely N-dealkylation sites (tertiary alicyclic amines) is 1. The molecule has 3 atom stereocenters. The van der Waals surface area contributed by atoms with Crippen LogP contribution in [0, 0.1) is 5.92 Å². The summed E-state index contributed by atoms with van der Waals surface area (Å²) >= 11 is 0. The zero-order valence-corrected chi connectivity index (χ0v) is 15.2. The summed E-state index contributed by atoms with van der Waals surface area (Å²) in [5, 5.41) is 0. The number of fused-ring (bicyclic) bond motifs is 4. The molecule has 0 radical (unpaired) electrons. The van der Waals surface area contributed by atoms with E-state index in [1.807, 2.05) is 30.3 Å². The van der Waals surface area contributed by atoms with Crippen LogP contribution in [0.1, 0.15) is 46.8 Å². The lowest BCUT2D eigenvalue weighted by atomic mass is 9.76. The number of hydrogen-bond donors (Lipinski definition) is 0. The summed E-state index contributed by atoms with van der Waals surface area (Å²) in [7, 11) is 0. The van der Waals surface area contributed by atoms with Crippen molar-refractivity contribution < 1.29 is 4.79 Å². The number of piperidine rings is 2. The third-order valence-electron chi connectivity index (χ3n) is 6.66. The first-order chi connectivity index (χ1) is 12.8. The second kappa shape index (κ2) is 6.55. The molecule has 0 bridgehead atoms. The normalized spacial score (nSPS) is 28.0. The summed E-state index contributed by atoms with van der Waals surface area (Å²) in [6.07, 6.45) is 4.64. The maximum atomic E-state index is 13.2. The van der Waals surface area contributed by atoms with Gasteiger partial charge in [-0.25, -0.2) is 0 Å². The molecule has 134 valence electrons. The van der Waals surface area contributed by atoms with E-state index in [1.54, 1.807) is 0 Å². The van der Waals surface area contributed by atoms with Crippen molar-refractivity contribution in [1.29, 1.82) is 0 Å². The molecule has 0 spiro atoms. The Kier molecular flexibility index (Phi) is 4.05. The molecule has 1 amide bonds. The number of hydrogen-bond acceptors (Lipinski definition) is 2. The topological polar surface area (TPSA) is 23.6 Å². The summed E-state index contributed by atoms with van der Waals surface area (Å²) in [6.45, 7) is 3.21. The molecule has 26 heavy (non-hydrogen) atoms. The number of carbonyl (C=O) groups is 1. The monoisotopic (exact) mass is 346 g/mol. The van der Waals surface area contributed by atoms with Crippen LogP contribution in [0.25, 0.3) is 0 Å². The third kappa shape index (κ3) is 2.66. The second-order valence-corrected chi connectivity index (χ2v) is 8.03. The van der Waals surface area contributed by atoms with E-state index in [0.29, 0.717) is 18.0 Å². The highest BCUT2D eigenvalue weighted by atomic mass is 16.2. The highest BCUT2D eigenvalue weighted by Gasteiger charge is 2.43. The average Bonchev–Trinajstić information content (AvgIpc) is 2.72. The van der Waals surface area contributed by atoms with Gasteiger partial charge in [-0.15, -0.1) is 0 Å². The molecule has 3 heteroatoms. The predicted octanol–water partition coefficient (Wildman–Crippen LogP) is 3.91. The molecule has 0 unspecified atom stereocenters. The van der Waals surface area contributed by atoms with Crippen LogP contribution in [0.5, 0.6) is 0 Å². The largest absolute Gasteiger partial charge is 0.335 e. The quantitative estimate of drug-likeness (QED) is 0.782. The standard InChI is InChI=1S/C23H26N2O/c26-23(18-8-2-1-3-9-18)25-13-6-10-19-16-24-14-12-17-7-4-5-11-20(17)22(24)15-21(19)25/h1-5,7-9,11,19,21-22H,6,10,12-16H2/t19-,21+,22+/m1/s1. The molecule has 0 aliphatic carbocycles. The van der Waals surface area contributed by atoms with Crippen molar-refractivity contribution >= 4 is 5.91 Å². The summed E-state index contributed by atoms with van der Waals surface area (Å²) in [4.78, 5) is 18.0. The Balaban J connectivity index is 1.45. The van der Waals surface area contributed by atoms with Crippen LogP contribution in [-0.4, -0.2) is 41.4 Å². The van der Waals surface area contributed by atoms with Gasteiger partial charge in [-0.05, 0) is 54.9 Å². The lowest BCUT2D eigenvalue weighted by Crippen LogP contribution is -2.57. The molecule has 0 N–H and O–H groups in total. The lowest BCUT2D eigenvalue weighted by molar-refractivity contribution is -0.00579. The van der Waals surface area contributed by atoms with Crippen LogP contribution >= 0.6 is 0 Å². The Bertz CT molecular complexity index is 803. The van der Waals surface area contributed by atoms with Crippen LogP contribution in [-0.2, 0) is 6.42 Å². The van der Waals surface area contributed by atoms with E-state index in [4.69, 9.17) is 0 Å². The van der Waals surface area contributed by atoms with E-state index in [2.05, 4.69) is 34.1 Å². The van der Waals surface area contributed by atoms with Gasteiger partial charge < -0.3 is 4.90 Å². The molecule has 0 saturated carbocycles. The van der Waals surface area contributed by atoms with Crippen molar-refractivity contribution in [3.63, 3.8) is 0 Å². The molecule has 3 aliphatic rings. The van der Waals surface area contributed by atoms with Gasteiger partial charge in [0.1, 0.15) is 0 Å². The van der Waals surface area contributed by atoms with Crippen LogP contribution in [0.3, 0.4) is 0 Å².